The minimum atomic E-state index is -4.85. The number of fused-ring (bicyclic) bond motifs is 2. The maximum atomic E-state index is 14.0. The monoisotopic (exact) mass is 512 g/mol. The molecule has 1 heterocycles. The molecule has 2 atom stereocenters. The van der Waals surface area contributed by atoms with Crippen molar-refractivity contribution in [3.63, 3.8) is 0 Å². The molecule has 0 radical (unpaired) electrons. The first-order chi connectivity index (χ1) is 17.7. The van der Waals surface area contributed by atoms with E-state index in [0.717, 1.165) is 28.5 Å². The summed E-state index contributed by atoms with van der Waals surface area (Å²) in [5.41, 5.74) is 0.215. The summed E-state index contributed by atoms with van der Waals surface area (Å²) in [4.78, 5) is 1.55. The Labute approximate surface area is 211 Å². The maximum Gasteiger partial charge on any atom is 0.419 e. The number of halogens is 5. The predicted molar refractivity (Wildman–Crippen MR) is 134 cm³/mol. The number of anilines is 2. The number of hydrogen-bond donors (Lipinski definition) is 1. The molecule has 3 nitrogen and oxygen atoms in total. The first-order valence-corrected chi connectivity index (χ1v) is 12.0. The number of alkyl halides is 3. The largest absolute Gasteiger partial charge is 0.486 e. The lowest BCUT2D eigenvalue weighted by atomic mass is 9.99. The van der Waals surface area contributed by atoms with Gasteiger partial charge in [-0.2, -0.15) is 13.2 Å². The normalized spacial score (nSPS) is 16.4. The van der Waals surface area contributed by atoms with E-state index in [1.165, 1.54) is 24.3 Å². The van der Waals surface area contributed by atoms with Gasteiger partial charge in [-0.15, -0.1) is 0 Å². The van der Waals surface area contributed by atoms with Crippen LogP contribution in [0.15, 0.2) is 78.9 Å². The second kappa shape index (κ2) is 10.0. The summed E-state index contributed by atoms with van der Waals surface area (Å²) in [5, 5.41) is 5.82. The van der Waals surface area contributed by atoms with Gasteiger partial charge in [0.1, 0.15) is 23.5 Å². The Kier molecular flexibility index (Phi) is 6.77. The third kappa shape index (κ3) is 5.25. The van der Waals surface area contributed by atoms with E-state index in [1.54, 1.807) is 4.90 Å². The van der Waals surface area contributed by atoms with Gasteiger partial charge < -0.3 is 15.0 Å². The number of rotatable bonds is 6. The molecular formula is C29H25F5N2O. The molecule has 1 aliphatic rings. The summed E-state index contributed by atoms with van der Waals surface area (Å²) >= 11 is 0. The van der Waals surface area contributed by atoms with E-state index in [1.807, 2.05) is 18.2 Å². The second-order valence-electron chi connectivity index (χ2n) is 9.16. The van der Waals surface area contributed by atoms with Crippen molar-refractivity contribution in [2.45, 2.75) is 31.7 Å². The number of nitrogens with one attached hydrogen (secondary N) is 1. The van der Waals surface area contributed by atoms with Gasteiger partial charge in [0.25, 0.3) is 0 Å². The molecule has 0 bridgehead atoms. The Morgan fingerprint density at radius 3 is 2.57 bits per heavy atom. The second-order valence-corrected chi connectivity index (χ2v) is 9.16. The fourth-order valence-corrected chi connectivity index (χ4v) is 4.81. The molecule has 4 aromatic carbocycles. The van der Waals surface area contributed by atoms with Gasteiger partial charge in [-0.1, -0.05) is 42.5 Å². The van der Waals surface area contributed by atoms with E-state index in [4.69, 9.17) is 4.74 Å². The van der Waals surface area contributed by atoms with Gasteiger partial charge in [0, 0.05) is 17.8 Å². The van der Waals surface area contributed by atoms with Crippen molar-refractivity contribution in [3.8, 4) is 5.75 Å². The zero-order chi connectivity index (χ0) is 26.2. The van der Waals surface area contributed by atoms with Crippen LogP contribution in [0.1, 0.15) is 30.5 Å². The average Bonchev–Trinajstić information content (AvgIpc) is 2.87. The van der Waals surface area contributed by atoms with Crippen LogP contribution in [0.25, 0.3) is 10.8 Å². The highest BCUT2D eigenvalue weighted by Crippen LogP contribution is 2.41. The fourth-order valence-electron chi connectivity index (χ4n) is 4.81. The Balaban J connectivity index is 1.34. The van der Waals surface area contributed by atoms with E-state index in [2.05, 4.69) is 36.5 Å². The highest BCUT2D eigenvalue weighted by Gasteiger charge is 2.36. The van der Waals surface area contributed by atoms with Crippen molar-refractivity contribution in [1.29, 1.82) is 0 Å². The molecule has 0 spiro atoms. The number of nitrogens with zero attached hydrogens (tertiary/aromatic N) is 1. The summed E-state index contributed by atoms with van der Waals surface area (Å²) in [6.45, 7) is 2.84. The standard InChI is InChI=1S/C29H25F5N2O/c1-18(23-8-4-6-19-5-2-3-7-24(19)23)35-14-13-22-17-36(27-15-20(30)9-12-28(27)37-22)21-10-11-26(31)25(16-21)29(32,33)34/h2-12,15-16,18,22,35H,13-14,17H2,1H3/t18-,22?/m1/s1. The predicted octanol–water partition coefficient (Wildman–Crippen LogP) is 7.78. The molecule has 0 saturated heterocycles. The Hall–Kier alpha value is -3.65. The lowest BCUT2D eigenvalue weighted by Gasteiger charge is -2.37. The van der Waals surface area contributed by atoms with Gasteiger partial charge in [-0.3, -0.25) is 0 Å². The smallest absolute Gasteiger partial charge is 0.419 e. The van der Waals surface area contributed by atoms with Crippen molar-refractivity contribution >= 4 is 22.1 Å². The molecule has 0 aliphatic carbocycles. The minimum absolute atomic E-state index is 0.0543. The summed E-state index contributed by atoms with van der Waals surface area (Å²) in [5.74, 6) is -1.54. The lowest BCUT2D eigenvalue weighted by Crippen LogP contribution is -2.39. The zero-order valence-electron chi connectivity index (χ0n) is 20.0. The molecule has 4 aromatic rings. The van der Waals surface area contributed by atoms with Gasteiger partial charge in [0.05, 0.1) is 17.8 Å². The maximum absolute atomic E-state index is 14.0. The Bertz CT molecular complexity index is 1420. The van der Waals surface area contributed by atoms with E-state index in [-0.39, 0.29) is 24.4 Å². The fraction of sp³-hybridized carbons (Fsp3) is 0.241. The van der Waals surface area contributed by atoms with Gasteiger partial charge in [0.15, 0.2) is 0 Å². The molecule has 0 amide bonds. The average molecular weight is 513 g/mol. The van der Waals surface area contributed by atoms with Crippen LogP contribution in [0.2, 0.25) is 0 Å². The molecule has 37 heavy (non-hydrogen) atoms. The van der Waals surface area contributed by atoms with E-state index in [9.17, 15) is 22.0 Å². The van der Waals surface area contributed by atoms with E-state index < -0.39 is 23.4 Å². The number of ether oxygens (including phenoxy) is 1. The zero-order valence-corrected chi connectivity index (χ0v) is 20.0. The van der Waals surface area contributed by atoms with Crippen LogP contribution in [-0.2, 0) is 6.18 Å². The molecule has 192 valence electrons. The molecule has 8 heteroatoms. The third-order valence-corrected chi connectivity index (χ3v) is 6.67. The van der Waals surface area contributed by atoms with Crippen molar-refractivity contribution in [2.75, 3.05) is 18.0 Å². The van der Waals surface area contributed by atoms with Crippen molar-refractivity contribution in [1.82, 2.24) is 5.32 Å². The molecule has 0 saturated carbocycles. The van der Waals surface area contributed by atoms with E-state index >= 15 is 0 Å². The summed E-state index contributed by atoms with van der Waals surface area (Å²) in [7, 11) is 0. The minimum Gasteiger partial charge on any atom is -0.486 e. The van der Waals surface area contributed by atoms with Crippen LogP contribution in [0.3, 0.4) is 0 Å². The van der Waals surface area contributed by atoms with Gasteiger partial charge in [0.2, 0.25) is 0 Å². The molecule has 0 fully saturated rings. The summed E-state index contributed by atoms with van der Waals surface area (Å²) < 4.78 is 74.1. The van der Waals surface area contributed by atoms with Crippen molar-refractivity contribution < 1.29 is 26.7 Å². The van der Waals surface area contributed by atoms with E-state index in [0.29, 0.717) is 24.4 Å². The molecule has 0 aromatic heterocycles. The summed E-state index contributed by atoms with van der Waals surface area (Å²) in [6.07, 6.45) is -4.68. The lowest BCUT2D eigenvalue weighted by molar-refractivity contribution is -0.139. The van der Waals surface area contributed by atoms with Crippen LogP contribution in [-0.4, -0.2) is 19.2 Å². The Morgan fingerprint density at radius 2 is 1.76 bits per heavy atom. The highest BCUT2D eigenvalue weighted by molar-refractivity contribution is 5.86. The highest BCUT2D eigenvalue weighted by atomic mass is 19.4. The first kappa shape index (κ1) is 25.0. The van der Waals surface area contributed by atoms with Crippen LogP contribution < -0.4 is 15.0 Å². The van der Waals surface area contributed by atoms with Crippen LogP contribution >= 0.6 is 0 Å². The first-order valence-electron chi connectivity index (χ1n) is 12.0. The van der Waals surface area contributed by atoms with Crippen LogP contribution in [0, 0.1) is 11.6 Å². The van der Waals surface area contributed by atoms with Gasteiger partial charge in [-0.05, 0) is 66.6 Å². The van der Waals surface area contributed by atoms with Gasteiger partial charge in [-0.25, -0.2) is 8.78 Å². The number of benzene rings is 4. The quantitative estimate of drug-likeness (QED) is 0.267. The van der Waals surface area contributed by atoms with Crippen LogP contribution in [0.5, 0.6) is 5.75 Å². The van der Waals surface area contributed by atoms with Gasteiger partial charge >= 0.3 is 6.18 Å². The summed E-state index contributed by atoms with van der Waals surface area (Å²) in [6, 6.07) is 21.1. The SMILES string of the molecule is C[C@@H](NCCC1CN(c2ccc(F)c(C(F)(F)F)c2)c2cc(F)ccc2O1)c1cccc2ccccc12. The topological polar surface area (TPSA) is 24.5 Å². The van der Waals surface area contributed by atoms with Crippen LogP contribution in [0.4, 0.5) is 33.3 Å². The Morgan fingerprint density at radius 1 is 0.973 bits per heavy atom. The third-order valence-electron chi connectivity index (χ3n) is 6.67. The molecule has 1 unspecified atom stereocenters. The van der Waals surface area contributed by atoms with Crippen molar-refractivity contribution in [3.05, 3.63) is 102 Å². The number of hydrogen-bond acceptors (Lipinski definition) is 3. The molecule has 5 rings (SSSR count). The molecular weight excluding hydrogens is 487 g/mol. The molecule has 1 N–H and O–H groups in total. The molecule has 1 aliphatic heterocycles. The van der Waals surface area contributed by atoms with Crippen molar-refractivity contribution in [2.24, 2.45) is 0 Å².